The molecule has 0 unspecified atom stereocenters. The fourth-order valence-corrected chi connectivity index (χ4v) is 1.21. The minimum absolute atomic E-state index is 0.161. The van der Waals surface area contributed by atoms with E-state index in [4.69, 9.17) is 16.9 Å². The minimum atomic E-state index is -2.97. The van der Waals surface area contributed by atoms with E-state index in [2.05, 4.69) is 9.72 Å². The Morgan fingerprint density at radius 2 is 2.31 bits per heavy atom. The summed E-state index contributed by atoms with van der Waals surface area (Å²) >= 11 is 5.47. The molecule has 0 aliphatic carbocycles. The van der Waals surface area contributed by atoms with Crippen LogP contribution in [-0.4, -0.2) is 18.1 Å². The molecular weight excluding hydrogens is 242 g/mol. The number of aromatic nitrogens is 1. The summed E-state index contributed by atoms with van der Waals surface area (Å²) < 4.78 is 29.4. The third kappa shape index (κ3) is 2.25. The van der Waals surface area contributed by atoms with Crippen molar-refractivity contribution in [3.05, 3.63) is 28.0 Å². The van der Waals surface area contributed by atoms with Gasteiger partial charge in [0.2, 0.25) is 0 Å². The van der Waals surface area contributed by atoms with Gasteiger partial charge in [-0.25, -0.2) is 18.6 Å². The lowest BCUT2D eigenvalue weighted by atomic mass is 10.1. The summed E-state index contributed by atoms with van der Waals surface area (Å²) in [7, 11) is 1.04. The Kier molecular flexibility index (Phi) is 3.74. The largest absolute Gasteiger partial charge is 0.465 e. The zero-order chi connectivity index (χ0) is 12.3. The Balaban J connectivity index is 3.44. The molecule has 7 heteroatoms. The van der Waals surface area contributed by atoms with Crippen LogP contribution in [0.25, 0.3) is 0 Å². The van der Waals surface area contributed by atoms with Crippen LogP contribution >= 0.6 is 11.6 Å². The second-order valence-electron chi connectivity index (χ2n) is 2.66. The molecule has 1 heterocycles. The lowest BCUT2D eigenvalue weighted by molar-refractivity contribution is 0.0587. The maximum absolute atomic E-state index is 12.5. The smallest absolute Gasteiger partial charge is 0.339 e. The summed E-state index contributed by atoms with van der Waals surface area (Å²) in [5.41, 5.74) is -1.42. The molecule has 1 aromatic heterocycles. The third-order valence-electron chi connectivity index (χ3n) is 1.74. The second-order valence-corrected chi connectivity index (χ2v) is 3.02. The molecule has 0 aliphatic heterocycles. The third-order valence-corrected chi connectivity index (χ3v) is 2.03. The number of pyridine rings is 1. The number of hydrogen-bond acceptors (Lipinski definition) is 4. The summed E-state index contributed by atoms with van der Waals surface area (Å²) in [6.07, 6.45) is -2.97. The first-order valence-electron chi connectivity index (χ1n) is 3.98. The van der Waals surface area contributed by atoms with Crippen molar-refractivity contribution in [3.63, 3.8) is 0 Å². The van der Waals surface area contributed by atoms with Crippen molar-refractivity contribution in [2.45, 2.75) is 6.43 Å². The van der Waals surface area contributed by atoms with E-state index in [1.165, 1.54) is 0 Å². The van der Waals surface area contributed by atoms with Crippen LogP contribution in [0.5, 0.6) is 0 Å². The molecule has 1 aromatic rings. The SMILES string of the molecule is COC(=O)c1cc(C#N)c(Cl)nc1C(F)F. The number of alkyl halides is 2. The van der Waals surface area contributed by atoms with Crippen LogP contribution in [0.3, 0.4) is 0 Å². The molecule has 0 fully saturated rings. The molecule has 0 spiro atoms. The predicted molar refractivity (Wildman–Crippen MR) is 50.3 cm³/mol. The number of halogens is 3. The quantitative estimate of drug-likeness (QED) is 0.593. The number of rotatable bonds is 2. The van der Waals surface area contributed by atoms with Crippen LogP contribution in [0.2, 0.25) is 5.15 Å². The lowest BCUT2D eigenvalue weighted by Gasteiger charge is -2.07. The van der Waals surface area contributed by atoms with Crippen LogP contribution in [0.1, 0.15) is 28.0 Å². The number of ether oxygens (including phenoxy) is 1. The van der Waals surface area contributed by atoms with Gasteiger partial charge >= 0.3 is 5.97 Å². The Hall–Kier alpha value is -1.74. The summed E-state index contributed by atoms with van der Waals surface area (Å²) in [5, 5.41) is 8.24. The fraction of sp³-hybridized carbons (Fsp3) is 0.222. The van der Waals surface area contributed by atoms with E-state index in [1.54, 1.807) is 6.07 Å². The van der Waals surface area contributed by atoms with Crippen molar-refractivity contribution in [1.29, 1.82) is 5.26 Å². The van der Waals surface area contributed by atoms with Gasteiger partial charge in [-0.15, -0.1) is 0 Å². The summed E-state index contributed by atoms with van der Waals surface area (Å²) in [6, 6.07) is 2.57. The Morgan fingerprint density at radius 1 is 1.69 bits per heavy atom. The summed E-state index contributed by atoms with van der Waals surface area (Å²) in [6.45, 7) is 0. The van der Waals surface area contributed by atoms with Gasteiger partial charge in [0.05, 0.1) is 18.2 Å². The molecular formula is C9H5ClF2N2O2. The van der Waals surface area contributed by atoms with E-state index >= 15 is 0 Å². The first-order chi connectivity index (χ1) is 7.51. The van der Waals surface area contributed by atoms with E-state index in [1.807, 2.05) is 0 Å². The van der Waals surface area contributed by atoms with Crippen molar-refractivity contribution in [1.82, 2.24) is 4.98 Å². The molecule has 0 amide bonds. The van der Waals surface area contributed by atoms with Crippen LogP contribution in [0, 0.1) is 11.3 Å². The molecule has 84 valence electrons. The summed E-state index contributed by atoms with van der Waals surface area (Å²) in [5.74, 6) is -0.990. The molecule has 0 radical (unpaired) electrons. The van der Waals surface area contributed by atoms with Crippen molar-refractivity contribution in [3.8, 4) is 6.07 Å². The molecule has 0 aromatic carbocycles. The first kappa shape index (κ1) is 12.3. The van der Waals surface area contributed by atoms with Gasteiger partial charge in [0.25, 0.3) is 6.43 Å². The number of nitrogens with zero attached hydrogens (tertiary/aromatic N) is 2. The molecule has 1 rings (SSSR count). The normalized spacial score (nSPS) is 10.0. The van der Waals surface area contributed by atoms with E-state index in [-0.39, 0.29) is 10.7 Å². The van der Waals surface area contributed by atoms with Crippen LogP contribution < -0.4 is 0 Å². The maximum atomic E-state index is 12.5. The van der Waals surface area contributed by atoms with Gasteiger partial charge in [0.15, 0.2) is 0 Å². The fourth-order valence-electron chi connectivity index (χ4n) is 1.02. The number of carbonyl (C=O) groups excluding carboxylic acids is 1. The average molecular weight is 247 g/mol. The van der Waals surface area contributed by atoms with Crippen LogP contribution in [-0.2, 0) is 4.74 Å². The van der Waals surface area contributed by atoms with Gasteiger partial charge in [-0.1, -0.05) is 11.6 Å². The molecule has 0 aliphatic rings. The average Bonchev–Trinajstić information content (AvgIpc) is 2.27. The van der Waals surface area contributed by atoms with Crippen molar-refractivity contribution in [2.75, 3.05) is 7.11 Å². The van der Waals surface area contributed by atoms with Gasteiger partial charge in [-0.05, 0) is 6.07 Å². The summed E-state index contributed by atoms with van der Waals surface area (Å²) in [4.78, 5) is 14.5. The molecule has 0 bridgehead atoms. The number of methoxy groups -OCH3 is 1. The van der Waals surface area contributed by atoms with Crippen LogP contribution in [0.15, 0.2) is 6.07 Å². The van der Waals surface area contributed by atoms with Crippen molar-refractivity contribution >= 4 is 17.6 Å². The lowest BCUT2D eigenvalue weighted by Crippen LogP contribution is -2.09. The Morgan fingerprint density at radius 3 is 2.75 bits per heavy atom. The van der Waals surface area contributed by atoms with Gasteiger partial charge in [-0.3, -0.25) is 0 Å². The van der Waals surface area contributed by atoms with Gasteiger partial charge in [-0.2, -0.15) is 5.26 Å². The zero-order valence-corrected chi connectivity index (χ0v) is 8.76. The number of esters is 1. The van der Waals surface area contributed by atoms with Gasteiger partial charge < -0.3 is 4.74 Å². The highest BCUT2D eigenvalue weighted by atomic mass is 35.5. The van der Waals surface area contributed by atoms with E-state index in [9.17, 15) is 13.6 Å². The van der Waals surface area contributed by atoms with E-state index < -0.39 is 23.7 Å². The van der Waals surface area contributed by atoms with Crippen molar-refractivity contribution < 1.29 is 18.3 Å². The highest BCUT2D eigenvalue weighted by Crippen LogP contribution is 2.25. The molecule has 0 saturated heterocycles. The predicted octanol–water partition coefficient (Wildman–Crippen LogP) is 2.33. The first-order valence-corrected chi connectivity index (χ1v) is 4.36. The van der Waals surface area contributed by atoms with Gasteiger partial charge in [0.1, 0.15) is 16.9 Å². The second kappa shape index (κ2) is 4.86. The van der Waals surface area contributed by atoms with Gasteiger partial charge in [0, 0.05) is 0 Å². The zero-order valence-electron chi connectivity index (χ0n) is 8.00. The number of nitriles is 1. The molecule has 16 heavy (non-hydrogen) atoms. The highest BCUT2D eigenvalue weighted by molar-refractivity contribution is 6.30. The maximum Gasteiger partial charge on any atom is 0.339 e. The molecule has 0 atom stereocenters. The Labute approximate surface area is 94.4 Å². The van der Waals surface area contributed by atoms with E-state index in [0.29, 0.717) is 0 Å². The number of carbonyl (C=O) groups is 1. The van der Waals surface area contributed by atoms with Crippen molar-refractivity contribution in [2.24, 2.45) is 0 Å². The number of hydrogen-bond donors (Lipinski definition) is 0. The van der Waals surface area contributed by atoms with E-state index in [0.717, 1.165) is 13.2 Å². The minimum Gasteiger partial charge on any atom is -0.465 e. The molecule has 0 N–H and O–H groups in total. The molecule has 0 saturated carbocycles. The standard InChI is InChI=1S/C9H5ClF2N2O2/c1-16-9(15)5-2-4(3-13)7(10)14-6(5)8(11)12/h2,8H,1H3. The molecule has 4 nitrogen and oxygen atoms in total. The monoisotopic (exact) mass is 246 g/mol. The Bertz CT molecular complexity index is 471. The topological polar surface area (TPSA) is 63.0 Å². The highest BCUT2D eigenvalue weighted by Gasteiger charge is 2.23. The van der Waals surface area contributed by atoms with Crippen LogP contribution in [0.4, 0.5) is 8.78 Å².